The maximum absolute atomic E-state index is 13.1. The van der Waals surface area contributed by atoms with Crippen molar-refractivity contribution >= 4 is 5.91 Å². The fraction of sp³-hybridized carbons (Fsp3) is 0.919. The second kappa shape index (κ2) is 52.1. The highest BCUT2D eigenvalue weighted by Gasteiger charge is 2.44. The first-order valence-electron chi connectivity index (χ1n) is 31.0. The van der Waals surface area contributed by atoms with Crippen LogP contribution in [0.3, 0.4) is 0 Å². The molecule has 7 unspecified atom stereocenters. The van der Waals surface area contributed by atoms with Crippen molar-refractivity contribution in [2.75, 3.05) is 13.2 Å². The zero-order valence-electron chi connectivity index (χ0n) is 46.8. The van der Waals surface area contributed by atoms with Gasteiger partial charge in [0.25, 0.3) is 0 Å². The standard InChI is InChI=1S/C62H119NO8/c1-3-5-7-9-11-13-15-17-19-21-23-24-25-26-27-28-29-30-31-32-34-36-38-40-42-44-46-48-50-52-58(66)63-55(54-70-62-61(69)60(68)59(67)57(53-64)71-62)56(65)51-49-47-45-43-41-39-37-35-33-22-20-18-16-14-12-10-8-6-4-2/h15,17,21,23,55-57,59-62,64-65,67-69H,3-14,16,18-20,22,24-54H2,1-2H3,(H,63,66)/b17-15-,23-21-. The molecule has 0 aliphatic carbocycles. The molecule has 1 aliphatic rings. The van der Waals surface area contributed by atoms with Crippen molar-refractivity contribution in [3.05, 3.63) is 24.3 Å². The number of hydrogen-bond acceptors (Lipinski definition) is 8. The van der Waals surface area contributed by atoms with Crippen molar-refractivity contribution < 1.29 is 39.8 Å². The molecule has 0 radical (unpaired) electrons. The number of aliphatic hydroxyl groups is 5. The highest BCUT2D eigenvalue weighted by molar-refractivity contribution is 5.76. The molecule has 0 bridgehead atoms. The molecule has 0 spiro atoms. The minimum absolute atomic E-state index is 0.134. The Balaban J connectivity index is 2.14. The van der Waals surface area contributed by atoms with Crippen LogP contribution < -0.4 is 5.32 Å². The molecule has 0 aromatic rings. The van der Waals surface area contributed by atoms with E-state index < -0.39 is 49.5 Å². The molecule has 71 heavy (non-hydrogen) atoms. The van der Waals surface area contributed by atoms with Gasteiger partial charge in [0, 0.05) is 6.42 Å². The van der Waals surface area contributed by atoms with Crippen molar-refractivity contribution in [2.24, 2.45) is 0 Å². The first-order valence-corrected chi connectivity index (χ1v) is 31.0. The van der Waals surface area contributed by atoms with Crippen molar-refractivity contribution in [1.82, 2.24) is 5.32 Å². The van der Waals surface area contributed by atoms with Crippen molar-refractivity contribution in [3.8, 4) is 0 Å². The van der Waals surface area contributed by atoms with E-state index in [4.69, 9.17) is 9.47 Å². The van der Waals surface area contributed by atoms with Gasteiger partial charge in [-0.3, -0.25) is 4.79 Å². The summed E-state index contributed by atoms with van der Waals surface area (Å²) in [6.07, 6.45) is 59.3. The van der Waals surface area contributed by atoms with E-state index in [1.807, 2.05) is 0 Å². The Hall–Kier alpha value is -1.33. The molecule has 1 heterocycles. The molecule has 1 aliphatic heterocycles. The SMILES string of the molecule is CCCCCCC/C=C\C/C=C\CCCCCCCCCCCCCCCCCCCC(=O)NC(COC1OC(CO)C(O)C(O)C1O)C(O)CCCCCCCCCCCCCCCCCCCCC. The Bertz CT molecular complexity index is 1170. The number of aliphatic hydroxyl groups excluding tert-OH is 5. The monoisotopic (exact) mass is 1010 g/mol. The summed E-state index contributed by atoms with van der Waals surface area (Å²) in [5.74, 6) is -0.138. The Morgan fingerprint density at radius 3 is 1.21 bits per heavy atom. The third kappa shape index (κ3) is 41.6. The largest absolute Gasteiger partial charge is 0.394 e. The third-order valence-corrected chi connectivity index (χ3v) is 15.1. The van der Waals surface area contributed by atoms with Gasteiger partial charge < -0.3 is 40.3 Å². The van der Waals surface area contributed by atoms with Gasteiger partial charge in [0.2, 0.25) is 5.91 Å². The van der Waals surface area contributed by atoms with E-state index in [0.29, 0.717) is 12.8 Å². The number of hydrogen-bond donors (Lipinski definition) is 6. The summed E-state index contributed by atoms with van der Waals surface area (Å²) in [5.41, 5.74) is 0. The van der Waals surface area contributed by atoms with Gasteiger partial charge in [-0.15, -0.1) is 0 Å². The number of ether oxygens (including phenoxy) is 2. The summed E-state index contributed by atoms with van der Waals surface area (Å²) in [5, 5.41) is 54.8. The maximum atomic E-state index is 13.1. The maximum Gasteiger partial charge on any atom is 0.220 e. The van der Waals surface area contributed by atoms with Crippen LogP contribution in [0.2, 0.25) is 0 Å². The molecule has 420 valence electrons. The lowest BCUT2D eigenvalue weighted by Crippen LogP contribution is -2.60. The second-order valence-corrected chi connectivity index (χ2v) is 21.9. The first-order chi connectivity index (χ1) is 34.8. The summed E-state index contributed by atoms with van der Waals surface area (Å²) in [7, 11) is 0. The van der Waals surface area contributed by atoms with E-state index in [0.717, 1.165) is 44.9 Å². The van der Waals surface area contributed by atoms with Crippen LogP contribution in [0.1, 0.15) is 309 Å². The Morgan fingerprint density at radius 2 is 0.831 bits per heavy atom. The van der Waals surface area contributed by atoms with Gasteiger partial charge in [-0.25, -0.2) is 0 Å². The minimum atomic E-state index is -1.55. The number of amides is 1. The number of rotatable bonds is 54. The molecule has 9 nitrogen and oxygen atoms in total. The van der Waals surface area contributed by atoms with E-state index >= 15 is 0 Å². The van der Waals surface area contributed by atoms with Gasteiger partial charge in [0.1, 0.15) is 24.4 Å². The molecule has 6 N–H and O–H groups in total. The quantitative estimate of drug-likeness (QED) is 0.0261. The van der Waals surface area contributed by atoms with E-state index in [9.17, 15) is 30.3 Å². The van der Waals surface area contributed by atoms with Crippen LogP contribution >= 0.6 is 0 Å². The normalized spacial score (nSPS) is 19.3. The van der Waals surface area contributed by atoms with Gasteiger partial charge in [0.05, 0.1) is 25.4 Å². The van der Waals surface area contributed by atoms with Gasteiger partial charge in [-0.1, -0.05) is 282 Å². The van der Waals surface area contributed by atoms with Gasteiger partial charge in [-0.2, -0.15) is 0 Å². The van der Waals surface area contributed by atoms with E-state index in [-0.39, 0.29) is 12.5 Å². The third-order valence-electron chi connectivity index (χ3n) is 15.1. The molecular formula is C62H119NO8. The minimum Gasteiger partial charge on any atom is -0.394 e. The fourth-order valence-electron chi connectivity index (χ4n) is 10.1. The Labute approximate surface area is 439 Å². The average molecular weight is 1010 g/mol. The molecule has 9 heteroatoms. The van der Waals surface area contributed by atoms with Crippen molar-refractivity contribution in [1.29, 1.82) is 0 Å². The predicted octanol–water partition coefficient (Wildman–Crippen LogP) is 15.7. The van der Waals surface area contributed by atoms with Crippen LogP contribution in [-0.4, -0.2) is 87.5 Å². The summed E-state index contributed by atoms with van der Waals surface area (Å²) >= 11 is 0. The zero-order chi connectivity index (χ0) is 51.5. The Morgan fingerprint density at radius 1 is 0.479 bits per heavy atom. The van der Waals surface area contributed by atoms with Crippen molar-refractivity contribution in [2.45, 2.75) is 352 Å². The average Bonchev–Trinajstić information content (AvgIpc) is 3.37. The summed E-state index contributed by atoms with van der Waals surface area (Å²) in [6, 6.07) is -0.717. The molecular weight excluding hydrogens is 887 g/mol. The van der Waals surface area contributed by atoms with Gasteiger partial charge in [0.15, 0.2) is 6.29 Å². The smallest absolute Gasteiger partial charge is 0.220 e. The topological polar surface area (TPSA) is 149 Å². The Kier molecular flexibility index (Phi) is 49.7. The molecule has 7 atom stereocenters. The molecule has 1 amide bonds. The number of carbonyl (C=O) groups excluding carboxylic acids is 1. The predicted molar refractivity (Wildman–Crippen MR) is 300 cm³/mol. The van der Waals surface area contributed by atoms with Crippen LogP contribution in [0.15, 0.2) is 24.3 Å². The van der Waals surface area contributed by atoms with E-state index in [1.54, 1.807) is 0 Å². The van der Waals surface area contributed by atoms with E-state index in [2.05, 4.69) is 43.5 Å². The molecule has 1 fully saturated rings. The molecule has 0 aromatic heterocycles. The van der Waals surface area contributed by atoms with Crippen molar-refractivity contribution in [3.63, 3.8) is 0 Å². The summed E-state index contributed by atoms with van der Waals surface area (Å²) in [6.45, 7) is 3.87. The van der Waals surface area contributed by atoms with Crippen LogP contribution in [0.5, 0.6) is 0 Å². The van der Waals surface area contributed by atoms with Crippen LogP contribution in [0.4, 0.5) is 0 Å². The highest BCUT2D eigenvalue weighted by atomic mass is 16.7. The summed E-state index contributed by atoms with van der Waals surface area (Å²) in [4.78, 5) is 13.1. The zero-order valence-corrected chi connectivity index (χ0v) is 46.8. The number of carbonyl (C=O) groups is 1. The lowest BCUT2D eigenvalue weighted by molar-refractivity contribution is -0.302. The first kappa shape index (κ1) is 67.7. The molecule has 1 rings (SSSR count). The van der Waals surface area contributed by atoms with Gasteiger partial charge >= 0.3 is 0 Å². The second-order valence-electron chi connectivity index (χ2n) is 21.9. The molecule has 1 saturated heterocycles. The lowest BCUT2D eigenvalue weighted by atomic mass is 9.99. The summed E-state index contributed by atoms with van der Waals surface area (Å²) < 4.78 is 11.3. The van der Waals surface area contributed by atoms with Crippen LogP contribution in [0.25, 0.3) is 0 Å². The molecule has 0 aromatic carbocycles. The fourth-order valence-corrected chi connectivity index (χ4v) is 10.1. The van der Waals surface area contributed by atoms with Gasteiger partial charge in [-0.05, 0) is 44.9 Å². The lowest BCUT2D eigenvalue weighted by Gasteiger charge is -2.40. The highest BCUT2D eigenvalue weighted by Crippen LogP contribution is 2.23. The molecule has 0 saturated carbocycles. The number of unbranched alkanes of at least 4 members (excludes halogenated alkanes) is 40. The number of allylic oxidation sites excluding steroid dienone is 4. The number of nitrogens with one attached hydrogen (secondary N) is 1. The van der Waals surface area contributed by atoms with Crippen LogP contribution in [-0.2, 0) is 14.3 Å². The van der Waals surface area contributed by atoms with E-state index in [1.165, 1.54) is 238 Å². The van der Waals surface area contributed by atoms with Crippen LogP contribution in [0, 0.1) is 0 Å².